The Morgan fingerprint density at radius 3 is 2.60 bits per heavy atom. The summed E-state index contributed by atoms with van der Waals surface area (Å²) in [5.74, 6) is -1.37. The first kappa shape index (κ1) is 14.7. The minimum Gasteiger partial charge on any atom is -0.347 e. The van der Waals surface area contributed by atoms with Gasteiger partial charge in [-0.15, -0.1) is 0 Å². The minimum atomic E-state index is -0.708. The van der Waals surface area contributed by atoms with Crippen molar-refractivity contribution < 1.29 is 9.59 Å². The van der Waals surface area contributed by atoms with Gasteiger partial charge in [0.15, 0.2) is 5.13 Å². The number of nitrogens with zero attached hydrogens (tertiary/aromatic N) is 1. The molecule has 0 aliphatic carbocycles. The van der Waals surface area contributed by atoms with E-state index in [-0.39, 0.29) is 0 Å². The number of hydrogen-bond donors (Lipinski definition) is 2. The van der Waals surface area contributed by atoms with Gasteiger partial charge in [-0.25, -0.2) is 4.98 Å². The van der Waals surface area contributed by atoms with Crippen LogP contribution in [0.15, 0.2) is 40.3 Å². The SMILES string of the molecule is O=C(NCCc1ccccc1)C(=O)Nc1ncc(Br)s1. The van der Waals surface area contributed by atoms with Gasteiger partial charge in [0, 0.05) is 6.54 Å². The molecule has 2 aromatic rings. The Hall–Kier alpha value is -1.73. The molecule has 0 aliphatic heterocycles. The summed E-state index contributed by atoms with van der Waals surface area (Å²) in [7, 11) is 0. The topological polar surface area (TPSA) is 71.1 Å². The van der Waals surface area contributed by atoms with Crippen LogP contribution >= 0.6 is 27.3 Å². The highest BCUT2D eigenvalue weighted by Gasteiger charge is 2.14. The molecular formula is C13H12BrN3O2S. The second-order valence-electron chi connectivity index (χ2n) is 3.92. The Kier molecular flexibility index (Phi) is 5.25. The first-order valence-electron chi connectivity index (χ1n) is 5.89. The molecule has 1 heterocycles. The van der Waals surface area contributed by atoms with E-state index < -0.39 is 11.8 Å². The Morgan fingerprint density at radius 2 is 1.95 bits per heavy atom. The second-order valence-corrected chi connectivity index (χ2v) is 6.33. The molecule has 0 fully saturated rings. The van der Waals surface area contributed by atoms with Gasteiger partial charge in [-0.2, -0.15) is 0 Å². The van der Waals surface area contributed by atoms with Crippen molar-refractivity contribution in [1.82, 2.24) is 10.3 Å². The first-order chi connectivity index (χ1) is 9.65. The molecule has 0 saturated carbocycles. The van der Waals surface area contributed by atoms with E-state index in [0.717, 1.165) is 9.35 Å². The summed E-state index contributed by atoms with van der Waals surface area (Å²) in [6.45, 7) is 0.415. The fourth-order valence-corrected chi connectivity index (χ4v) is 2.61. The van der Waals surface area contributed by atoms with Crippen LogP contribution in [0.25, 0.3) is 0 Å². The molecule has 0 spiro atoms. The molecule has 1 aromatic carbocycles. The van der Waals surface area contributed by atoms with Crippen LogP contribution in [-0.2, 0) is 16.0 Å². The van der Waals surface area contributed by atoms with Crippen molar-refractivity contribution in [2.24, 2.45) is 0 Å². The molecular weight excluding hydrogens is 342 g/mol. The Morgan fingerprint density at radius 1 is 1.20 bits per heavy atom. The number of halogens is 1. The molecule has 5 nitrogen and oxygen atoms in total. The summed E-state index contributed by atoms with van der Waals surface area (Å²) in [5.41, 5.74) is 1.11. The number of benzene rings is 1. The summed E-state index contributed by atoms with van der Waals surface area (Å²) < 4.78 is 0.789. The van der Waals surface area contributed by atoms with Crippen molar-refractivity contribution in [3.05, 3.63) is 45.9 Å². The van der Waals surface area contributed by atoms with E-state index in [1.165, 1.54) is 11.3 Å². The summed E-state index contributed by atoms with van der Waals surface area (Å²) >= 11 is 4.48. The van der Waals surface area contributed by atoms with E-state index >= 15 is 0 Å². The van der Waals surface area contributed by atoms with E-state index in [9.17, 15) is 9.59 Å². The minimum absolute atomic E-state index is 0.389. The number of rotatable bonds is 4. The normalized spacial score (nSPS) is 10.1. The van der Waals surface area contributed by atoms with Crippen LogP contribution in [0.1, 0.15) is 5.56 Å². The number of thiazole rings is 1. The Balaban J connectivity index is 1.75. The van der Waals surface area contributed by atoms with Crippen molar-refractivity contribution in [2.45, 2.75) is 6.42 Å². The molecule has 20 heavy (non-hydrogen) atoms. The average molecular weight is 354 g/mol. The molecule has 0 saturated heterocycles. The number of carbonyl (C=O) groups excluding carboxylic acids is 2. The third kappa shape index (κ3) is 4.43. The molecule has 1 aromatic heterocycles. The predicted molar refractivity (Wildman–Crippen MR) is 81.6 cm³/mol. The van der Waals surface area contributed by atoms with Crippen LogP contribution in [-0.4, -0.2) is 23.3 Å². The molecule has 2 amide bonds. The van der Waals surface area contributed by atoms with Crippen molar-refractivity contribution in [2.75, 3.05) is 11.9 Å². The van der Waals surface area contributed by atoms with E-state index in [1.807, 2.05) is 30.3 Å². The van der Waals surface area contributed by atoms with Gasteiger partial charge in [0.1, 0.15) is 0 Å². The lowest BCUT2D eigenvalue weighted by Gasteiger charge is -2.04. The molecule has 0 bridgehead atoms. The van der Waals surface area contributed by atoms with Gasteiger partial charge < -0.3 is 5.32 Å². The van der Waals surface area contributed by atoms with Gasteiger partial charge in [0.2, 0.25) is 0 Å². The van der Waals surface area contributed by atoms with Gasteiger partial charge in [-0.3, -0.25) is 14.9 Å². The second kappa shape index (κ2) is 7.16. The molecule has 2 rings (SSSR count). The maximum atomic E-state index is 11.6. The zero-order valence-corrected chi connectivity index (χ0v) is 12.8. The van der Waals surface area contributed by atoms with Gasteiger partial charge in [-0.05, 0) is 27.9 Å². The van der Waals surface area contributed by atoms with Gasteiger partial charge in [0.05, 0.1) is 9.98 Å². The van der Waals surface area contributed by atoms with Crippen molar-refractivity contribution in [1.29, 1.82) is 0 Å². The number of carbonyl (C=O) groups is 2. The lowest BCUT2D eigenvalue weighted by Crippen LogP contribution is -2.36. The highest BCUT2D eigenvalue weighted by Crippen LogP contribution is 2.22. The molecule has 0 aliphatic rings. The maximum Gasteiger partial charge on any atom is 0.315 e. The number of hydrogen-bond acceptors (Lipinski definition) is 4. The smallest absolute Gasteiger partial charge is 0.315 e. The molecule has 0 atom stereocenters. The quantitative estimate of drug-likeness (QED) is 0.827. The van der Waals surface area contributed by atoms with E-state index in [0.29, 0.717) is 18.1 Å². The van der Waals surface area contributed by atoms with Gasteiger partial charge in [0.25, 0.3) is 0 Å². The van der Waals surface area contributed by atoms with Crippen LogP contribution in [0.4, 0.5) is 5.13 Å². The maximum absolute atomic E-state index is 11.6. The fourth-order valence-electron chi connectivity index (χ4n) is 1.51. The number of amides is 2. The summed E-state index contributed by atoms with van der Waals surface area (Å²) in [4.78, 5) is 27.1. The van der Waals surface area contributed by atoms with Crippen LogP contribution < -0.4 is 10.6 Å². The zero-order chi connectivity index (χ0) is 14.4. The highest BCUT2D eigenvalue weighted by atomic mass is 79.9. The van der Waals surface area contributed by atoms with Crippen LogP contribution in [0.5, 0.6) is 0 Å². The molecule has 7 heteroatoms. The number of aromatic nitrogens is 1. The third-order valence-corrected chi connectivity index (χ3v) is 3.84. The monoisotopic (exact) mass is 353 g/mol. The standard InChI is InChI=1S/C13H12BrN3O2S/c14-10-8-16-13(20-10)17-12(19)11(18)15-7-6-9-4-2-1-3-5-9/h1-5,8H,6-7H2,(H,15,18)(H,16,17,19). The Bertz CT molecular complexity index is 601. The summed E-state index contributed by atoms with van der Waals surface area (Å²) in [6.07, 6.45) is 2.25. The van der Waals surface area contributed by atoms with Crippen molar-refractivity contribution in [3.8, 4) is 0 Å². The zero-order valence-electron chi connectivity index (χ0n) is 10.4. The average Bonchev–Trinajstić information content (AvgIpc) is 2.85. The van der Waals surface area contributed by atoms with E-state index in [4.69, 9.17) is 0 Å². The first-order valence-corrected chi connectivity index (χ1v) is 7.50. The molecule has 0 radical (unpaired) electrons. The Labute approximate surface area is 128 Å². The predicted octanol–water partition coefficient (Wildman–Crippen LogP) is 2.20. The highest BCUT2D eigenvalue weighted by molar-refractivity contribution is 9.11. The van der Waals surface area contributed by atoms with Gasteiger partial charge in [-0.1, -0.05) is 41.7 Å². The third-order valence-electron chi connectivity index (χ3n) is 2.45. The lowest BCUT2D eigenvalue weighted by atomic mass is 10.1. The van der Waals surface area contributed by atoms with Crippen molar-refractivity contribution in [3.63, 3.8) is 0 Å². The largest absolute Gasteiger partial charge is 0.347 e. The lowest BCUT2D eigenvalue weighted by molar-refractivity contribution is -0.136. The van der Waals surface area contributed by atoms with Gasteiger partial charge >= 0.3 is 11.8 Å². The number of anilines is 1. The van der Waals surface area contributed by atoms with E-state index in [2.05, 4.69) is 31.5 Å². The summed E-state index contributed by atoms with van der Waals surface area (Å²) in [6, 6.07) is 9.74. The van der Waals surface area contributed by atoms with Crippen LogP contribution in [0.3, 0.4) is 0 Å². The fraction of sp³-hybridized carbons (Fsp3) is 0.154. The van der Waals surface area contributed by atoms with Crippen molar-refractivity contribution >= 4 is 44.2 Å². The number of nitrogens with one attached hydrogen (secondary N) is 2. The molecule has 0 unspecified atom stereocenters. The molecule has 2 N–H and O–H groups in total. The summed E-state index contributed by atoms with van der Waals surface area (Å²) in [5, 5.41) is 5.40. The van der Waals surface area contributed by atoms with E-state index in [1.54, 1.807) is 6.20 Å². The van der Waals surface area contributed by atoms with Crippen LogP contribution in [0.2, 0.25) is 0 Å². The van der Waals surface area contributed by atoms with Crippen LogP contribution in [0, 0.1) is 0 Å². The molecule has 104 valence electrons.